The summed E-state index contributed by atoms with van der Waals surface area (Å²) in [7, 11) is 0. The van der Waals surface area contributed by atoms with Gasteiger partial charge in [0.2, 0.25) is 11.8 Å². The van der Waals surface area contributed by atoms with Crippen LogP contribution in [-0.4, -0.2) is 71.4 Å². The molecule has 3 amide bonds. The minimum atomic E-state index is -2.73. The third kappa shape index (κ3) is 9.09. The van der Waals surface area contributed by atoms with Gasteiger partial charge in [-0.15, -0.1) is 11.8 Å². The zero-order valence-corrected chi connectivity index (χ0v) is 24.9. The van der Waals surface area contributed by atoms with Crippen molar-refractivity contribution in [2.24, 2.45) is 5.92 Å². The third-order valence-electron chi connectivity index (χ3n) is 6.31. The molecule has 1 heterocycles. The second-order valence-electron chi connectivity index (χ2n) is 8.90. The maximum absolute atomic E-state index is 12.8. The molecule has 2 aromatic rings. The highest BCUT2D eigenvalue weighted by Gasteiger charge is 2.30. The van der Waals surface area contributed by atoms with Crippen molar-refractivity contribution in [1.82, 2.24) is 15.5 Å². The van der Waals surface area contributed by atoms with Gasteiger partial charge in [0.05, 0.1) is 15.6 Å². The summed E-state index contributed by atoms with van der Waals surface area (Å²) in [5, 5.41) is 15.1. The zero-order chi connectivity index (χ0) is 30.1. The van der Waals surface area contributed by atoms with Gasteiger partial charge in [0.25, 0.3) is 11.7 Å². The van der Waals surface area contributed by atoms with Crippen LogP contribution in [0.2, 0.25) is 10.0 Å². The lowest BCUT2D eigenvalue weighted by atomic mass is 9.95. The second kappa shape index (κ2) is 15.4. The number of nitrogens with one attached hydrogen (secondary N) is 2. The molecule has 220 valence electrons. The van der Waals surface area contributed by atoms with Crippen LogP contribution in [0.25, 0.3) is 6.08 Å². The van der Waals surface area contributed by atoms with Gasteiger partial charge in [-0.3, -0.25) is 14.4 Å². The number of piperidine rings is 1. The first-order chi connectivity index (χ1) is 19.5. The number of halogens is 4. The summed E-state index contributed by atoms with van der Waals surface area (Å²) < 4.78 is 25.6. The maximum Gasteiger partial charge on any atom is 0.328 e. The van der Waals surface area contributed by atoms with Gasteiger partial charge in [0, 0.05) is 41.4 Å². The van der Waals surface area contributed by atoms with Gasteiger partial charge in [-0.1, -0.05) is 53.2 Å². The molecule has 0 saturated carbocycles. The Bertz CT molecular complexity index is 1320. The molecule has 0 aromatic heterocycles. The van der Waals surface area contributed by atoms with Gasteiger partial charge in [-0.2, -0.15) is 8.78 Å². The molecule has 1 aliphatic heterocycles. The molecule has 41 heavy (non-hydrogen) atoms. The Labute approximate surface area is 254 Å². The molecule has 1 saturated heterocycles. The fourth-order valence-corrected chi connectivity index (χ4v) is 5.90. The predicted molar refractivity (Wildman–Crippen MR) is 157 cm³/mol. The molecule has 3 N–H and O–H groups in total. The van der Waals surface area contributed by atoms with Crippen LogP contribution in [0.3, 0.4) is 0 Å². The number of carboxylic acid groups (broad SMARTS) is 1. The van der Waals surface area contributed by atoms with E-state index in [0.717, 1.165) is 4.90 Å². The molecule has 8 nitrogen and oxygen atoms in total. The normalized spacial score (nSPS) is 14.7. The number of hydrogen-bond donors (Lipinski definition) is 3. The highest BCUT2D eigenvalue weighted by molar-refractivity contribution is 7.99. The van der Waals surface area contributed by atoms with Gasteiger partial charge >= 0.3 is 5.97 Å². The minimum Gasteiger partial charge on any atom is -0.480 e. The molecule has 0 aliphatic carbocycles. The largest absolute Gasteiger partial charge is 0.480 e. The SMILES string of the molecule is CSc1ccc(/C=C/C(=O)N2CCC(C(=O)N[C@@H](CNC(=O)c3ccccc3SC(F)F)C(=O)O)CC2)c(Cl)c1Cl. The highest BCUT2D eigenvalue weighted by atomic mass is 35.5. The number of hydrogen-bond acceptors (Lipinski definition) is 6. The molecule has 3 rings (SSSR count). The van der Waals surface area contributed by atoms with Crippen LogP contribution in [-0.2, 0) is 14.4 Å². The van der Waals surface area contributed by atoms with Crippen molar-refractivity contribution in [3.8, 4) is 0 Å². The number of likely N-dealkylation sites (tertiary alicyclic amines) is 1. The van der Waals surface area contributed by atoms with Crippen LogP contribution in [0.15, 0.2) is 52.3 Å². The van der Waals surface area contributed by atoms with Gasteiger partial charge in [0.1, 0.15) is 6.04 Å². The van der Waals surface area contributed by atoms with Crippen LogP contribution in [0.4, 0.5) is 8.78 Å². The van der Waals surface area contributed by atoms with Crippen molar-refractivity contribution >= 4 is 76.5 Å². The van der Waals surface area contributed by atoms with Crippen LogP contribution in [0.5, 0.6) is 0 Å². The Morgan fingerprint density at radius 1 is 1.07 bits per heavy atom. The van der Waals surface area contributed by atoms with E-state index in [4.69, 9.17) is 23.2 Å². The molecule has 0 spiro atoms. The van der Waals surface area contributed by atoms with Crippen LogP contribution in [0.1, 0.15) is 28.8 Å². The van der Waals surface area contributed by atoms with Crippen molar-refractivity contribution in [3.05, 3.63) is 63.6 Å². The van der Waals surface area contributed by atoms with E-state index in [-0.39, 0.29) is 41.2 Å². The van der Waals surface area contributed by atoms with E-state index in [9.17, 15) is 33.1 Å². The number of thioether (sulfide) groups is 2. The number of amides is 3. The molecular formula is C27H27Cl2F2N3O5S2. The van der Waals surface area contributed by atoms with Crippen molar-refractivity contribution in [2.45, 2.75) is 34.4 Å². The Balaban J connectivity index is 1.52. The number of aliphatic carboxylic acids is 1. The van der Waals surface area contributed by atoms with Crippen LogP contribution >= 0.6 is 46.7 Å². The highest BCUT2D eigenvalue weighted by Crippen LogP contribution is 2.35. The topological polar surface area (TPSA) is 116 Å². The number of benzene rings is 2. The standard InChI is InChI=1S/C27H27Cl2F2N3O5S2/c1-40-20-8-6-15(22(28)23(20)29)7-9-21(35)34-12-10-16(11-13-34)24(36)33-18(26(38)39)14-32-25(37)17-4-2-3-5-19(17)41-27(30)31/h2-9,16,18,27H,10-14H2,1H3,(H,32,37)(H,33,36)(H,38,39)/b9-7+/t18-/m0/s1. The number of rotatable bonds is 11. The first-order valence-corrected chi connectivity index (χ1v) is 15.2. The smallest absolute Gasteiger partial charge is 0.328 e. The van der Waals surface area contributed by atoms with Crippen molar-refractivity contribution in [3.63, 3.8) is 0 Å². The number of carbonyl (C=O) groups is 4. The van der Waals surface area contributed by atoms with Gasteiger partial charge in [-0.05, 0) is 48.9 Å². The minimum absolute atomic E-state index is 0.0262. The zero-order valence-electron chi connectivity index (χ0n) is 21.7. The number of nitrogens with zero attached hydrogens (tertiary/aromatic N) is 1. The number of alkyl halides is 2. The summed E-state index contributed by atoms with van der Waals surface area (Å²) in [6.45, 7) is 0.128. The lowest BCUT2D eigenvalue weighted by Crippen LogP contribution is -2.51. The Hall–Kier alpha value is -2.80. The van der Waals surface area contributed by atoms with Crippen LogP contribution in [0, 0.1) is 5.92 Å². The van der Waals surface area contributed by atoms with Crippen molar-refractivity contribution in [1.29, 1.82) is 0 Å². The number of carbonyl (C=O) groups excluding carboxylic acids is 3. The lowest BCUT2D eigenvalue weighted by molar-refractivity contribution is -0.142. The average Bonchev–Trinajstić information content (AvgIpc) is 2.95. The monoisotopic (exact) mass is 645 g/mol. The lowest BCUT2D eigenvalue weighted by Gasteiger charge is -2.31. The molecule has 0 unspecified atom stereocenters. The van der Waals surface area contributed by atoms with E-state index >= 15 is 0 Å². The molecule has 1 aliphatic rings. The molecule has 1 fully saturated rings. The molecule has 0 bridgehead atoms. The summed E-state index contributed by atoms with van der Waals surface area (Å²) in [6, 6.07) is 7.87. The van der Waals surface area contributed by atoms with E-state index < -0.39 is 42.0 Å². The van der Waals surface area contributed by atoms with E-state index in [1.54, 1.807) is 17.0 Å². The Kier molecular flexibility index (Phi) is 12.3. The first kappa shape index (κ1) is 32.7. The molecule has 14 heteroatoms. The van der Waals surface area contributed by atoms with E-state index in [1.165, 1.54) is 42.1 Å². The van der Waals surface area contributed by atoms with Crippen LogP contribution < -0.4 is 10.6 Å². The molecular weight excluding hydrogens is 619 g/mol. The summed E-state index contributed by atoms with van der Waals surface area (Å²) in [5.74, 6) is -6.15. The Morgan fingerprint density at radius 3 is 2.39 bits per heavy atom. The first-order valence-electron chi connectivity index (χ1n) is 12.4. The molecule has 2 aromatic carbocycles. The summed E-state index contributed by atoms with van der Waals surface area (Å²) in [4.78, 5) is 52.2. The molecule has 0 radical (unpaired) electrons. The van der Waals surface area contributed by atoms with Gasteiger partial charge in [-0.25, -0.2) is 4.79 Å². The molecule has 1 atom stereocenters. The maximum atomic E-state index is 12.8. The Morgan fingerprint density at radius 2 is 1.76 bits per heavy atom. The van der Waals surface area contributed by atoms with E-state index in [2.05, 4.69) is 10.6 Å². The van der Waals surface area contributed by atoms with E-state index in [0.29, 0.717) is 28.5 Å². The fourth-order valence-electron chi connectivity index (χ4n) is 4.09. The van der Waals surface area contributed by atoms with Gasteiger partial charge in [0.15, 0.2) is 0 Å². The van der Waals surface area contributed by atoms with Crippen molar-refractivity contribution < 1.29 is 33.1 Å². The van der Waals surface area contributed by atoms with Crippen molar-refractivity contribution in [2.75, 3.05) is 25.9 Å². The van der Waals surface area contributed by atoms with E-state index in [1.807, 2.05) is 12.3 Å². The summed E-state index contributed by atoms with van der Waals surface area (Å²) in [6.07, 6.45) is 5.48. The summed E-state index contributed by atoms with van der Waals surface area (Å²) in [5.41, 5.74) is 0.571. The average molecular weight is 647 g/mol. The van der Waals surface area contributed by atoms with Gasteiger partial charge < -0.3 is 20.6 Å². The summed E-state index contributed by atoms with van der Waals surface area (Å²) >= 11 is 14.2. The predicted octanol–water partition coefficient (Wildman–Crippen LogP) is 5.28. The fraction of sp³-hybridized carbons (Fsp3) is 0.333. The third-order valence-corrected chi connectivity index (χ3v) is 8.89. The number of carboxylic acids is 1. The second-order valence-corrected chi connectivity index (χ2v) is 11.5. The quantitative estimate of drug-likeness (QED) is 0.225.